The zero-order chi connectivity index (χ0) is 21.2. The topological polar surface area (TPSA) is 61.8 Å². The molecule has 1 fully saturated rings. The minimum atomic E-state index is -0.0425. The predicted octanol–water partition coefficient (Wildman–Crippen LogP) is 3.72. The molecule has 1 aromatic heterocycles. The largest absolute Gasteiger partial charge is 0.489 e. The van der Waals surface area contributed by atoms with E-state index in [9.17, 15) is 0 Å². The lowest BCUT2D eigenvalue weighted by Gasteiger charge is -2.33. The molecule has 7 heteroatoms. The van der Waals surface area contributed by atoms with E-state index < -0.39 is 0 Å². The van der Waals surface area contributed by atoms with E-state index in [1.54, 1.807) is 0 Å². The van der Waals surface area contributed by atoms with Crippen molar-refractivity contribution in [2.75, 3.05) is 26.2 Å². The fourth-order valence-electron chi connectivity index (χ4n) is 3.50. The van der Waals surface area contributed by atoms with Crippen molar-refractivity contribution >= 4 is 17.6 Å². The second kappa shape index (κ2) is 11.8. The van der Waals surface area contributed by atoms with Crippen LogP contribution in [0.2, 0.25) is 5.02 Å². The number of nitrogens with zero attached hydrogens (tertiary/aromatic N) is 3. The van der Waals surface area contributed by atoms with E-state index in [4.69, 9.17) is 21.3 Å². The van der Waals surface area contributed by atoms with Gasteiger partial charge in [0.15, 0.2) is 5.96 Å². The Hall–Kier alpha value is -2.31. The van der Waals surface area contributed by atoms with E-state index in [0.29, 0.717) is 17.6 Å². The standard InChI is InChI=1S/C23H32ClN5O/c1-3-25-23(27-16-18(2)30-22-9-6-7-19(24)15-22)28-20-10-13-29(14-11-20)17-21-8-4-5-12-26-21/h4-9,12,15,18,20H,3,10-11,13-14,16-17H2,1-2H3,(H2,25,27,28). The van der Waals surface area contributed by atoms with Crippen LogP contribution in [0.5, 0.6) is 5.75 Å². The number of halogens is 1. The highest BCUT2D eigenvalue weighted by atomic mass is 35.5. The maximum Gasteiger partial charge on any atom is 0.191 e. The maximum atomic E-state index is 6.03. The predicted molar refractivity (Wildman–Crippen MR) is 123 cm³/mol. The van der Waals surface area contributed by atoms with Crippen LogP contribution < -0.4 is 15.4 Å². The summed E-state index contributed by atoms with van der Waals surface area (Å²) in [6, 6.07) is 14.0. The van der Waals surface area contributed by atoms with Crippen molar-refractivity contribution in [3.63, 3.8) is 0 Å². The molecular weight excluding hydrogens is 398 g/mol. The van der Waals surface area contributed by atoms with Crippen molar-refractivity contribution in [2.24, 2.45) is 4.99 Å². The van der Waals surface area contributed by atoms with Crippen LogP contribution in [0, 0.1) is 0 Å². The third-order valence-electron chi connectivity index (χ3n) is 5.02. The zero-order valence-corrected chi connectivity index (χ0v) is 18.6. The summed E-state index contributed by atoms with van der Waals surface area (Å²) in [4.78, 5) is 11.6. The number of guanidine groups is 1. The molecular formula is C23H32ClN5O. The molecule has 0 saturated carbocycles. The van der Waals surface area contributed by atoms with Crippen LogP contribution in [0.3, 0.4) is 0 Å². The number of pyridine rings is 1. The van der Waals surface area contributed by atoms with E-state index in [2.05, 4.69) is 33.5 Å². The van der Waals surface area contributed by atoms with E-state index in [-0.39, 0.29) is 6.10 Å². The van der Waals surface area contributed by atoms with Gasteiger partial charge in [0.1, 0.15) is 11.9 Å². The number of hydrogen-bond acceptors (Lipinski definition) is 4. The van der Waals surface area contributed by atoms with E-state index in [1.165, 1.54) is 0 Å². The zero-order valence-electron chi connectivity index (χ0n) is 17.9. The molecule has 1 unspecified atom stereocenters. The second-order valence-electron chi connectivity index (χ2n) is 7.62. The monoisotopic (exact) mass is 429 g/mol. The van der Waals surface area contributed by atoms with Crippen molar-refractivity contribution in [3.05, 3.63) is 59.4 Å². The Morgan fingerprint density at radius 1 is 1.27 bits per heavy atom. The number of rotatable bonds is 8. The molecule has 162 valence electrons. The maximum absolute atomic E-state index is 6.03. The Balaban J connectivity index is 1.45. The molecule has 6 nitrogen and oxygen atoms in total. The van der Waals surface area contributed by atoms with Gasteiger partial charge in [-0.25, -0.2) is 4.99 Å². The first-order valence-electron chi connectivity index (χ1n) is 10.7. The summed E-state index contributed by atoms with van der Waals surface area (Å²) in [7, 11) is 0. The number of aromatic nitrogens is 1. The first-order chi connectivity index (χ1) is 14.6. The lowest BCUT2D eigenvalue weighted by Crippen LogP contribution is -2.48. The summed E-state index contributed by atoms with van der Waals surface area (Å²) in [6.45, 7) is 8.53. The van der Waals surface area contributed by atoms with Crippen molar-refractivity contribution in [1.29, 1.82) is 0 Å². The fraction of sp³-hybridized carbons (Fsp3) is 0.478. The smallest absolute Gasteiger partial charge is 0.191 e. The molecule has 0 spiro atoms. The number of likely N-dealkylation sites (tertiary alicyclic amines) is 1. The third kappa shape index (κ3) is 7.50. The number of aliphatic imine (C=N–C) groups is 1. The van der Waals surface area contributed by atoms with Crippen LogP contribution in [0.15, 0.2) is 53.7 Å². The molecule has 1 aliphatic rings. The van der Waals surface area contributed by atoms with Gasteiger partial charge in [-0.3, -0.25) is 9.88 Å². The summed E-state index contributed by atoms with van der Waals surface area (Å²) in [5, 5.41) is 7.61. The van der Waals surface area contributed by atoms with Crippen LogP contribution in [0.25, 0.3) is 0 Å². The quantitative estimate of drug-likeness (QED) is 0.494. The highest BCUT2D eigenvalue weighted by Gasteiger charge is 2.20. The van der Waals surface area contributed by atoms with Crippen LogP contribution >= 0.6 is 11.6 Å². The van der Waals surface area contributed by atoms with Crippen molar-refractivity contribution in [3.8, 4) is 5.75 Å². The molecule has 0 amide bonds. The fourth-order valence-corrected chi connectivity index (χ4v) is 3.68. The van der Waals surface area contributed by atoms with Crippen LogP contribution in [-0.2, 0) is 6.54 Å². The van der Waals surface area contributed by atoms with Gasteiger partial charge in [-0.1, -0.05) is 23.7 Å². The van der Waals surface area contributed by atoms with E-state index >= 15 is 0 Å². The average molecular weight is 430 g/mol. The van der Waals surface area contributed by atoms with Gasteiger partial charge in [0.05, 0.1) is 12.2 Å². The van der Waals surface area contributed by atoms with Crippen LogP contribution in [-0.4, -0.2) is 54.2 Å². The van der Waals surface area contributed by atoms with E-state index in [0.717, 1.165) is 56.4 Å². The molecule has 2 N–H and O–H groups in total. The molecule has 1 aromatic carbocycles. The highest BCUT2D eigenvalue weighted by Crippen LogP contribution is 2.18. The summed E-state index contributed by atoms with van der Waals surface area (Å²) < 4.78 is 5.92. The molecule has 3 rings (SSSR count). The molecule has 1 aliphatic heterocycles. The second-order valence-corrected chi connectivity index (χ2v) is 8.06. The first-order valence-corrected chi connectivity index (χ1v) is 11.1. The van der Waals surface area contributed by atoms with E-state index in [1.807, 2.05) is 49.5 Å². The summed E-state index contributed by atoms with van der Waals surface area (Å²) in [6.07, 6.45) is 4.00. The summed E-state index contributed by atoms with van der Waals surface area (Å²) in [5.41, 5.74) is 1.13. The molecule has 0 bridgehead atoms. The van der Waals surface area contributed by atoms with Gasteiger partial charge in [0.25, 0.3) is 0 Å². The van der Waals surface area contributed by atoms with Gasteiger partial charge in [0, 0.05) is 43.4 Å². The van der Waals surface area contributed by atoms with Gasteiger partial charge >= 0.3 is 0 Å². The van der Waals surface area contributed by atoms with Gasteiger partial charge in [-0.15, -0.1) is 0 Å². The number of hydrogen-bond donors (Lipinski definition) is 2. The van der Waals surface area contributed by atoms with Crippen LogP contribution in [0.4, 0.5) is 0 Å². The molecule has 30 heavy (non-hydrogen) atoms. The summed E-state index contributed by atoms with van der Waals surface area (Å²) in [5.74, 6) is 1.62. The number of nitrogens with one attached hydrogen (secondary N) is 2. The number of benzene rings is 1. The average Bonchev–Trinajstić information content (AvgIpc) is 2.74. The van der Waals surface area contributed by atoms with Gasteiger partial charge in [0.2, 0.25) is 0 Å². The lowest BCUT2D eigenvalue weighted by molar-refractivity contribution is 0.196. The minimum absolute atomic E-state index is 0.0425. The molecule has 1 atom stereocenters. The van der Waals surface area contributed by atoms with Gasteiger partial charge in [-0.05, 0) is 57.0 Å². The number of piperidine rings is 1. The van der Waals surface area contributed by atoms with Gasteiger partial charge in [-0.2, -0.15) is 0 Å². The van der Waals surface area contributed by atoms with Crippen molar-refractivity contribution < 1.29 is 4.74 Å². The van der Waals surface area contributed by atoms with Crippen molar-refractivity contribution in [1.82, 2.24) is 20.5 Å². The van der Waals surface area contributed by atoms with Crippen molar-refractivity contribution in [2.45, 2.75) is 45.4 Å². The SMILES string of the molecule is CCNC(=NCC(C)Oc1cccc(Cl)c1)NC1CCN(Cc2ccccn2)CC1. The Morgan fingerprint density at radius 3 is 2.80 bits per heavy atom. The first kappa shape index (κ1) is 22.4. The van der Waals surface area contributed by atoms with Crippen LogP contribution in [0.1, 0.15) is 32.4 Å². The highest BCUT2D eigenvalue weighted by molar-refractivity contribution is 6.30. The normalized spacial score (nSPS) is 16.8. The Bertz CT molecular complexity index is 793. The third-order valence-corrected chi connectivity index (χ3v) is 5.26. The molecule has 0 aliphatic carbocycles. The molecule has 2 aromatic rings. The molecule has 0 radical (unpaired) electrons. The minimum Gasteiger partial charge on any atom is -0.489 e. The molecule has 1 saturated heterocycles. The number of ether oxygens (including phenoxy) is 1. The Morgan fingerprint density at radius 2 is 2.10 bits per heavy atom. The molecule has 2 heterocycles. The van der Waals surface area contributed by atoms with Gasteiger partial charge < -0.3 is 15.4 Å². The lowest BCUT2D eigenvalue weighted by atomic mass is 10.0. The Labute approximate surface area is 184 Å². The Kier molecular flexibility index (Phi) is 8.78. The summed E-state index contributed by atoms with van der Waals surface area (Å²) >= 11 is 6.03.